The van der Waals surface area contributed by atoms with Gasteiger partial charge in [0, 0.05) is 12.1 Å². The average Bonchev–Trinajstić information content (AvgIpc) is 2.37. The molecule has 1 aromatic carbocycles. The lowest BCUT2D eigenvalue weighted by atomic mass is 10.1. The summed E-state index contributed by atoms with van der Waals surface area (Å²) in [4.78, 5) is 0. The first-order valence-electron chi connectivity index (χ1n) is 6.70. The Morgan fingerprint density at radius 2 is 2.06 bits per heavy atom. The van der Waals surface area contributed by atoms with Crippen molar-refractivity contribution in [2.45, 2.75) is 27.2 Å². The summed E-state index contributed by atoms with van der Waals surface area (Å²) in [5, 5.41) is 3.48. The van der Waals surface area contributed by atoms with Crippen LogP contribution in [0.3, 0.4) is 0 Å². The van der Waals surface area contributed by atoms with E-state index in [0.717, 1.165) is 30.8 Å². The normalized spacial score (nSPS) is 11.9. The average molecular weight is 247 g/mol. The first kappa shape index (κ1) is 14.8. The minimum Gasteiger partial charge on any atom is -0.496 e. The first-order valence-corrected chi connectivity index (χ1v) is 6.70. The summed E-state index contributed by atoms with van der Waals surface area (Å²) in [6, 6.07) is 8.14. The van der Waals surface area contributed by atoms with Gasteiger partial charge < -0.3 is 10.1 Å². The minimum atomic E-state index is 0.689. The number of hydrogen-bond donors (Lipinski definition) is 1. The van der Waals surface area contributed by atoms with Crippen molar-refractivity contribution in [3.05, 3.63) is 35.4 Å². The summed E-state index contributed by atoms with van der Waals surface area (Å²) in [5.74, 6) is 1.63. The Kier molecular flexibility index (Phi) is 6.51. The van der Waals surface area contributed by atoms with E-state index in [2.05, 4.69) is 38.2 Å². The highest BCUT2D eigenvalue weighted by molar-refractivity contribution is 5.59. The molecule has 18 heavy (non-hydrogen) atoms. The molecule has 0 saturated carbocycles. The second-order valence-electron chi connectivity index (χ2n) is 4.92. The highest BCUT2D eigenvalue weighted by atomic mass is 16.5. The second-order valence-corrected chi connectivity index (χ2v) is 4.92. The number of rotatable bonds is 7. The Labute approximate surface area is 111 Å². The van der Waals surface area contributed by atoms with Crippen LogP contribution in [0.25, 0.3) is 6.08 Å². The van der Waals surface area contributed by atoms with Gasteiger partial charge in [0.2, 0.25) is 0 Å². The Morgan fingerprint density at radius 1 is 1.33 bits per heavy atom. The number of methoxy groups -OCH3 is 1. The number of benzene rings is 1. The summed E-state index contributed by atoms with van der Waals surface area (Å²) >= 11 is 0. The smallest absolute Gasteiger partial charge is 0.126 e. The van der Waals surface area contributed by atoms with Gasteiger partial charge in [-0.05, 0) is 24.9 Å². The van der Waals surface area contributed by atoms with Crippen molar-refractivity contribution in [2.75, 3.05) is 20.2 Å². The molecule has 2 nitrogen and oxygen atoms in total. The Balaban J connectivity index is 2.71. The molecular weight excluding hydrogens is 222 g/mol. The summed E-state index contributed by atoms with van der Waals surface area (Å²) in [6.07, 6.45) is 3.29. The fraction of sp³-hybridized carbons (Fsp3) is 0.500. The van der Waals surface area contributed by atoms with Gasteiger partial charge in [0.05, 0.1) is 7.11 Å². The Hall–Kier alpha value is -1.28. The van der Waals surface area contributed by atoms with Gasteiger partial charge in [0.15, 0.2) is 0 Å². The highest BCUT2D eigenvalue weighted by Crippen LogP contribution is 2.21. The van der Waals surface area contributed by atoms with Gasteiger partial charge in [-0.1, -0.05) is 50.6 Å². The molecule has 0 aliphatic heterocycles. The van der Waals surface area contributed by atoms with Crippen molar-refractivity contribution < 1.29 is 4.74 Å². The van der Waals surface area contributed by atoms with Gasteiger partial charge >= 0.3 is 0 Å². The van der Waals surface area contributed by atoms with Crippen LogP contribution in [-0.4, -0.2) is 20.2 Å². The van der Waals surface area contributed by atoms with E-state index in [0.29, 0.717) is 5.92 Å². The molecule has 0 amide bonds. The SMILES string of the molecule is CCC(=Cc1ccccc1OC)CNCC(C)C. The van der Waals surface area contributed by atoms with Crippen LogP contribution in [0.2, 0.25) is 0 Å². The van der Waals surface area contributed by atoms with Crippen LogP contribution in [0.4, 0.5) is 0 Å². The third kappa shape index (κ3) is 4.92. The van der Waals surface area contributed by atoms with Crippen molar-refractivity contribution in [3.63, 3.8) is 0 Å². The maximum atomic E-state index is 5.37. The topological polar surface area (TPSA) is 21.3 Å². The minimum absolute atomic E-state index is 0.689. The van der Waals surface area contributed by atoms with Gasteiger partial charge in [-0.2, -0.15) is 0 Å². The van der Waals surface area contributed by atoms with Crippen LogP contribution >= 0.6 is 0 Å². The lowest BCUT2D eigenvalue weighted by Crippen LogP contribution is -2.21. The van der Waals surface area contributed by atoms with Gasteiger partial charge in [-0.3, -0.25) is 0 Å². The summed E-state index contributed by atoms with van der Waals surface area (Å²) in [5.41, 5.74) is 2.56. The van der Waals surface area contributed by atoms with Crippen molar-refractivity contribution in [1.29, 1.82) is 0 Å². The van der Waals surface area contributed by atoms with Crippen molar-refractivity contribution in [1.82, 2.24) is 5.32 Å². The molecule has 0 radical (unpaired) electrons. The van der Waals surface area contributed by atoms with Gasteiger partial charge in [0.25, 0.3) is 0 Å². The quantitative estimate of drug-likeness (QED) is 0.792. The Bertz CT molecular complexity index is 382. The maximum absolute atomic E-state index is 5.37. The van der Waals surface area contributed by atoms with Crippen LogP contribution in [-0.2, 0) is 0 Å². The van der Waals surface area contributed by atoms with Crippen LogP contribution < -0.4 is 10.1 Å². The van der Waals surface area contributed by atoms with Crippen LogP contribution in [0.1, 0.15) is 32.8 Å². The summed E-state index contributed by atoms with van der Waals surface area (Å²) < 4.78 is 5.37. The maximum Gasteiger partial charge on any atom is 0.126 e. The number of nitrogens with one attached hydrogen (secondary N) is 1. The zero-order valence-electron chi connectivity index (χ0n) is 12.0. The third-order valence-corrected chi connectivity index (χ3v) is 2.86. The molecule has 0 heterocycles. The van der Waals surface area contributed by atoms with E-state index in [1.54, 1.807) is 7.11 Å². The molecule has 1 rings (SSSR count). The van der Waals surface area contributed by atoms with E-state index >= 15 is 0 Å². The molecule has 0 aliphatic rings. The summed E-state index contributed by atoms with van der Waals surface area (Å²) in [6.45, 7) is 8.65. The number of para-hydroxylation sites is 1. The molecule has 0 spiro atoms. The second kappa shape index (κ2) is 7.93. The van der Waals surface area contributed by atoms with E-state index in [-0.39, 0.29) is 0 Å². The predicted octanol–water partition coefficient (Wildman–Crippen LogP) is 3.73. The fourth-order valence-electron chi connectivity index (χ4n) is 1.81. The summed E-state index contributed by atoms with van der Waals surface area (Å²) in [7, 11) is 1.72. The number of ether oxygens (including phenoxy) is 1. The monoisotopic (exact) mass is 247 g/mol. The van der Waals surface area contributed by atoms with Crippen LogP contribution in [0.5, 0.6) is 5.75 Å². The van der Waals surface area contributed by atoms with Crippen molar-refractivity contribution in [2.24, 2.45) is 5.92 Å². The molecule has 0 aliphatic carbocycles. The van der Waals surface area contributed by atoms with Gasteiger partial charge in [-0.25, -0.2) is 0 Å². The van der Waals surface area contributed by atoms with E-state index in [1.165, 1.54) is 5.57 Å². The van der Waals surface area contributed by atoms with E-state index in [4.69, 9.17) is 4.74 Å². The van der Waals surface area contributed by atoms with Crippen LogP contribution in [0, 0.1) is 5.92 Å². The van der Waals surface area contributed by atoms with Crippen LogP contribution in [0.15, 0.2) is 29.8 Å². The molecule has 1 N–H and O–H groups in total. The highest BCUT2D eigenvalue weighted by Gasteiger charge is 2.01. The fourth-order valence-corrected chi connectivity index (χ4v) is 1.81. The molecule has 2 heteroatoms. The first-order chi connectivity index (χ1) is 8.67. The molecule has 0 aromatic heterocycles. The Morgan fingerprint density at radius 3 is 2.67 bits per heavy atom. The van der Waals surface area contributed by atoms with E-state index in [9.17, 15) is 0 Å². The molecular formula is C16H25NO. The van der Waals surface area contributed by atoms with E-state index in [1.807, 2.05) is 18.2 Å². The largest absolute Gasteiger partial charge is 0.496 e. The predicted molar refractivity (Wildman–Crippen MR) is 79.0 cm³/mol. The molecule has 0 fully saturated rings. The molecule has 0 saturated heterocycles. The van der Waals surface area contributed by atoms with E-state index < -0.39 is 0 Å². The van der Waals surface area contributed by atoms with Crippen molar-refractivity contribution in [3.8, 4) is 5.75 Å². The zero-order chi connectivity index (χ0) is 13.4. The van der Waals surface area contributed by atoms with Gasteiger partial charge in [0.1, 0.15) is 5.75 Å². The lowest BCUT2D eigenvalue weighted by Gasteiger charge is -2.11. The molecule has 100 valence electrons. The van der Waals surface area contributed by atoms with Crippen molar-refractivity contribution >= 4 is 6.08 Å². The molecule has 0 unspecified atom stereocenters. The van der Waals surface area contributed by atoms with Gasteiger partial charge in [-0.15, -0.1) is 0 Å². The standard InChI is InChI=1S/C16H25NO/c1-5-14(12-17-11-13(2)3)10-15-8-6-7-9-16(15)18-4/h6-10,13,17H,5,11-12H2,1-4H3. The third-order valence-electron chi connectivity index (χ3n) is 2.86. The molecule has 0 atom stereocenters. The zero-order valence-corrected chi connectivity index (χ0v) is 12.0. The lowest BCUT2D eigenvalue weighted by molar-refractivity contribution is 0.414. The molecule has 0 bridgehead atoms. The molecule has 1 aromatic rings. The number of hydrogen-bond acceptors (Lipinski definition) is 2.